The molecule has 254 valence electrons. The molecule has 2 N–H and O–H groups in total. The lowest BCUT2D eigenvalue weighted by molar-refractivity contribution is -0.207. The van der Waals surface area contributed by atoms with Gasteiger partial charge in [-0.05, 0) is 70.3 Å². The number of nitrogens with zero attached hydrogens (tertiary/aromatic N) is 8. The van der Waals surface area contributed by atoms with Crippen LogP contribution in [0.3, 0.4) is 0 Å². The third-order valence-corrected chi connectivity index (χ3v) is 10.0. The fourth-order valence-corrected chi connectivity index (χ4v) is 6.58. The van der Waals surface area contributed by atoms with Crippen molar-refractivity contribution in [2.24, 2.45) is 11.8 Å². The maximum atomic E-state index is 16.1. The molecule has 0 amide bonds. The summed E-state index contributed by atoms with van der Waals surface area (Å²) in [6.45, 7) is 8.84. The first kappa shape index (κ1) is 32.7. The highest BCUT2D eigenvalue weighted by Gasteiger charge is 2.59. The van der Waals surface area contributed by atoms with E-state index in [0.717, 1.165) is 66.0 Å². The van der Waals surface area contributed by atoms with Crippen molar-refractivity contribution >= 4 is 11.4 Å². The molecule has 0 aliphatic carbocycles. The van der Waals surface area contributed by atoms with Crippen LogP contribution in [-0.2, 0) is 18.1 Å². The van der Waals surface area contributed by atoms with E-state index in [1.54, 1.807) is 6.07 Å². The minimum Gasteiger partial charge on any atom is -0.387 e. The highest BCUT2D eigenvalue weighted by molar-refractivity contribution is 5.67. The summed E-state index contributed by atoms with van der Waals surface area (Å²) < 4.78 is 47.4. The quantitative estimate of drug-likeness (QED) is 0.218. The molecule has 1 fully saturated rings. The van der Waals surface area contributed by atoms with Crippen molar-refractivity contribution in [2.45, 2.75) is 44.9 Å². The van der Waals surface area contributed by atoms with E-state index in [-0.39, 0.29) is 22.9 Å². The van der Waals surface area contributed by atoms with Gasteiger partial charge in [-0.1, -0.05) is 45.0 Å². The van der Waals surface area contributed by atoms with Gasteiger partial charge in [0, 0.05) is 54.8 Å². The van der Waals surface area contributed by atoms with Gasteiger partial charge < -0.3 is 20.0 Å². The first-order valence-electron chi connectivity index (χ1n) is 16.3. The Morgan fingerprint density at radius 1 is 0.816 bits per heavy atom. The Morgan fingerprint density at radius 2 is 1.49 bits per heavy atom. The molecular formula is C36H37F3N8O2. The van der Waals surface area contributed by atoms with Crippen LogP contribution in [0.5, 0.6) is 0 Å². The third-order valence-electron chi connectivity index (χ3n) is 10.0. The molecule has 2 aromatic carbocycles. The summed E-state index contributed by atoms with van der Waals surface area (Å²) in [5.41, 5.74) is 0.630. The Morgan fingerprint density at radius 3 is 2.12 bits per heavy atom. The van der Waals surface area contributed by atoms with E-state index in [1.165, 1.54) is 12.3 Å². The topological polar surface area (TPSA) is 116 Å². The van der Waals surface area contributed by atoms with E-state index >= 15 is 8.78 Å². The summed E-state index contributed by atoms with van der Waals surface area (Å²) in [4.78, 5) is 13.2. The van der Waals surface area contributed by atoms with Gasteiger partial charge in [-0.25, -0.2) is 9.07 Å². The van der Waals surface area contributed by atoms with Crippen LogP contribution in [0.15, 0.2) is 79.1 Å². The van der Waals surface area contributed by atoms with Crippen molar-refractivity contribution in [1.29, 1.82) is 0 Å². The van der Waals surface area contributed by atoms with Crippen molar-refractivity contribution in [1.82, 2.24) is 30.2 Å². The van der Waals surface area contributed by atoms with Crippen molar-refractivity contribution < 1.29 is 23.4 Å². The van der Waals surface area contributed by atoms with Gasteiger partial charge in [-0.2, -0.15) is 8.78 Å². The first-order chi connectivity index (χ1) is 23.5. The Balaban J connectivity index is 1.01. The van der Waals surface area contributed by atoms with Crippen molar-refractivity contribution in [3.63, 3.8) is 0 Å². The molecule has 5 heterocycles. The number of fused-ring (bicyclic) bond motifs is 3. The Bertz CT molecular complexity index is 1930. The third kappa shape index (κ3) is 5.80. The number of alkyl halides is 2. The van der Waals surface area contributed by atoms with Gasteiger partial charge in [0.05, 0.1) is 30.2 Å². The molecule has 0 saturated carbocycles. The lowest BCUT2D eigenvalue weighted by atomic mass is 9.80. The largest absolute Gasteiger partial charge is 0.387 e. The van der Waals surface area contributed by atoms with Crippen molar-refractivity contribution in [3.8, 4) is 22.5 Å². The first-order valence-corrected chi connectivity index (χ1v) is 16.3. The highest BCUT2D eigenvalue weighted by Crippen LogP contribution is 2.50. The van der Waals surface area contributed by atoms with E-state index in [2.05, 4.69) is 49.1 Å². The molecule has 3 aromatic heterocycles. The summed E-state index contributed by atoms with van der Waals surface area (Å²) in [6, 6.07) is 17.8. The van der Waals surface area contributed by atoms with Crippen LogP contribution in [0.2, 0.25) is 0 Å². The zero-order chi connectivity index (χ0) is 34.5. The summed E-state index contributed by atoms with van der Waals surface area (Å²) in [6.07, 6.45) is 2.61. The van der Waals surface area contributed by atoms with Crippen LogP contribution < -0.4 is 9.80 Å². The normalized spacial score (nSPS) is 19.0. The lowest BCUT2D eigenvalue weighted by Gasteiger charge is -2.39. The Hall–Kier alpha value is -4.88. The van der Waals surface area contributed by atoms with Gasteiger partial charge in [-0.3, -0.25) is 9.97 Å². The maximum Gasteiger partial charge on any atom is 0.323 e. The molecule has 7 rings (SSSR count). The number of hydrogen-bond acceptors (Lipinski definition) is 9. The smallest absolute Gasteiger partial charge is 0.323 e. The second-order valence-electron chi connectivity index (χ2n) is 13.2. The fourth-order valence-electron chi connectivity index (χ4n) is 6.58. The molecule has 0 spiro atoms. The van der Waals surface area contributed by atoms with Gasteiger partial charge in [-0.15, -0.1) is 5.10 Å². The van der Waals surface area contributed by atoms with Gasteiger partial charge >= 0.3 is 5.92 Å². The van der Waals surface area contributed by atoms with Gasteiger partial charge in [0.2, 0.25) is 0 Å². The van der Waals surface area contributed by atoms with Crippen LogP contribution in [0, 0.1) is 17.7 Å². The number of hydrogen-bond donors (Lipinski definition) is 2. The SMILES string of the molecule is CC(C)C(C)C(O)c1ccc(N2CCN(c3ccc(-c4ccc(C(F)(F)[C@]5(O)Cn6nnnc6-c6cc(F)ccc65)nc4)cc3)CC2)cn1. The standard InChI is InChI=1S/C36H37F3N8O2/c1-22(2)23(3)33(48)31-12-10-28(20-40-31)46-16-14-45(15-17-46)27-8-4-24(5-9-27)25-6-13-32(41-19-25)36(38,39)35(49)21-47-34(42-43-44-47)29-18-26(37)7-11-30(29)35/h4-13,18-20,22-23,33,48-49H,14-17,21H2,1-3H3/t23?,33?,35-/m0/s1. The lowest BCUT2D eigenvalue weighted by Crippen LogP contribution is -2.49. The van der Waals surface area contributed by atoms with Crippen LogP contribution in [0.1, 0.15) is 43.8 Å². The summed E-state index contributed by atoms with van der Waals surface area (Å²) in [5.74, 6) is -3.96. The number of anilines is 2. The zero-order valence-corrected chi connectivity index (χ0v) is 27.4. The summed E-state index contributed by atoms with van der Waals surface area (Å²) in [5, 5.41) is 33.2. The molecular weight excluding hydrogens is 633 g/mol. The molecule has 3 atom stereocenters. The number of halogens is 3. The van der Waals surface area contributed by atoms with E-state index in [4.69, 9.17) is 0 Å². The monoisotopic (exact) mass is 670 g/mol. The molecule has 1 saturated heterocycles. The number of tetrazole rings is 1. The zero-order valence-electron chi connectivity index (χ0n) is 27.4. The second-order valence-corrected chi connectivity index (χ2v) is 13.2. The number of pyridine rings is 2. The van der Waals surface area contributed by atoms with Gasteiger partial charge in [0.1, 0.15) is 11.5 Å². The van der Waals surface area contributed by atoms with Crippen LogP contribution >= 0.6 is 0 Å². The predicted octanol–water partition coefficient (Wildman–Crippen LogP) is 5.58. The molecule has 0 radical (unpaired) electrons. The predicted molar refractivity (Wildman–Crippen MR) is 178 cm³/mol. The number of rotatable bonds is 8. The highest BCUT2D eigenvalue weighted by atomic mass is 19.3. The van der Waals surface area contributed by atoms with E-state index in [9.17, 15) is 14.6 Å². The molecule has 2 aliphatic rings. The van der Waals surface area contributed by atoms with Crippen LogP contribution in [-0.4, -0.2) is 66.6 Å². The summed E-state index contributed by atoms with van der Waals surface area (Å²) >= 11 is 0. The molecule has 2 unspecified atom stereocenters. The molecule has 10 nitrogen and oxygen atoms in total. The Labute approximate surface area is 281 Å². The number of aliphatic hydroxyl groups is 2. The molecule has 5 aromatic rings. The molecule has 49 heavy (non-hydrogen) atoms. The number of aliphatic hydroxyl groups excluding tert-OH is 1. The van der Waals surface area contributed by atoms with Gasteiger partial charge in [0.15, 0.2) is 11.4 Å². The van der Waals surface area contributed by atoms with E-state index in [1.807, 2.05) is 49.5 Å². The van der Waals surface area contributed by atoms with E-state index < -0.39 is 35.7 Å². The molecule has 13 heteroatoms. The summed E-state index contributed by atoms with van der Waals surface area (Å²) in [7, 11) is 0. The van der Waals surface area contributed by atoms with Crippen LogP contribution in [0.25, 0.3) is 22.5 Å². The average Bonchev–Trinajstić information content (AvgIpc) is 3.59. The van der Waals surface area contributed by atoms with Gasteiger partial charge in [0.25, 0.3) is 0 Å². The van der Waals surface area contributed by atoms with Crippen molar-refractivity contribution in [2.75, 3.05) is 36.0 Å². The minimum atomic E-state index is -3.86. The second kappa shape index (κ2) is 12.5. The number of aromatic nitrogens is 6. The molecule has 2 aliphatic heterocycles. The molecule has 0 bridgehead atoms. The maximum absolute atomic E-state index is 16.1. The van der Waals surface area contributed by atoms with Crippen LogP contribution in [0.4, 0.5) is 24.5 Å². The average molecular weight is 671 g/mol. The minimum absolute atomic E-state index is 0.00448. The van der Waals surface area contributed by atoms with E-state index in [0.29, 0.717) is 17.2 Å². The Kier molecular flexibility index (Phi) is 8.35. The van der Waals surface area contributed by atoms with Crippen molar-refractivity contribution in [3.05, 3.63) is 102 Å². The fraction of sp³-hybridized carbons (Fsp3) is 0.361. The number of benzene rings is 2. The number of piperazine rings is 1.